The Balaban J connectivity index is 1.49. The Morgan fingerprint density at radius 2 is 1.70 bits per heavy atom. The minimum absolute atomic E-state index is 0.0720. The number of anilines is 1. The van der Waals surface area contributed by atoms with Crippen LogP contribution in [0.3, 0.4) is 0 Å². The van der Waals surface area contributed by atoms with Crippen LogP contribution in [0.15, 0.2) is 48.5 Å². The molecule has 1 N–H and O–H groups in total. The third-order valence-electron chi connectivity index (χ3n) is 3.74. The molecule has 140 valence electrons. The Morgan fingerprint density at radius 3 is 2.30 bits per heavy atom. The number of carbonyl (C=O) groups excluding carboxylic acids is 2. The van der Waals surface area contributed by atoms with Crippen molar-refractivity contribution in [2.24, 2.45) is 0 Å². The highest BCUT2D eigenvalue weighted by molar-refractivity contribution is 8.19. The van der Waals surface area contributed by atoms with Crippen molar-refractivity contribution < 1.29 is 19.2 Å². The molecule has 1 heterocycles. The van der Waals surface area contributed by atoms with Gasteiger partial charge in [-0.1, -0.05) is 12.1 Å². The number of hydrogen-bond donors (Lipinski definition) is 1. The van der Waals surface area contributed by atoms with Gasteiger partial charge in [0.15, 0.2) is 6.61 Å². The first-order chi connectivity index (χ1) is 13.0. The Hall–Kier alpha value is -2.52. The Labute approximate surface area is 164 Å². The number of ether oxygens (including phenoxy) is 1. The summed E-state index contributed by atoms with van der Waals surface area (Å²) in [4.78, 5) is 34.0. The predicted molar refractivity (Wildman–Crippen MR) is 106 cm³/mol. The second-order valence-electron chi connectivity index (χ2n) is 5.62. The lowest BCUT2D eigenvalue weighted by Gasteiger charge is -2.09. The van der Waals surface area contributed by atoms with Gasteiger partial charge in [-0.25, -0.2) is 4.79 Å². The quantitative estimate of drug-likeness (QED) is 0.443. The molecule has 0 spiro atoms. The summed E-state index contributed by atoms with van der Waals surface area (Å²) >= 11 is 3.77. The molecule has 0 saturated carbocycles. The number of non-ortho nitro benzene ring substituents is 1. The number of hydrogen-bond acceptors (Lipinski definition) is 7. The van der Waals surface area contributed by atoms with E-state index < -0.39 is 23.4 Å². The number of benzene rings is 2. The van der Waals surface area contributed by atoms with Gasteiger partial charge in [0.2, 0.25) is 0 Å². The number of rotatable bonds is 6. The first-order valence-corrected chi connectivity index (χ1v) is 10.2. The third-order valence-corrected chi connectivity index (χ3v) is 6.84. The van der Waals surface area contributed by atoms with Crippen molar-refractivity contribution in [3.05, 3.63) is 69.8 Å². The van der Waals surface area contributed by atoms with E-state index in [4.69, 9.17) is 4.74 Å². The standard InChI is InChI=1S/C18H16N2O5S2/c21-16(19-14-5-7-15(8-6-14)20(23)24)11-25-17(22)12-1-3-13(4-2-12)18-26-9-10-27-18/h1-8,18H,9-11H2,(H,19,21). The summed E-state index contributed by atoms with van der Waals surface area (Å²) in [5, 5.41) is 13.1. The second kappa shape index (κ2) is 8.92. The summed E-state index contributed by atoms with van der Waals surface area (Å²) in [5.41, 5.74) is 1.86. The molecule has 0 atom stereocenters. The monoisotopic (exact) mass is 404 g/mol. The molecule has 2 aromatic carbocycles. The van der Waals surface area contributed by atoms with E-state index in [1.54, 1.807) is 12.1 Å². The maximum Gasteiger partial charge on any atom is 0.338 e. The van der Waals surface area contributed by atoms with Gasteiger partial charge in [-0.2, -0.15) is 0 Å². The molecule has 3 rings (SSSR count). The molecule has 0 bridgehead atoms. The molecule has 9 heteroatoms. The van der Waals surface area contributed by atoms with Crippen molar-refractivity contribution >= 4 is 46.8 Å². The van der Waals surface area contributed by atoms with E-state index in [2.05, 4.69) is 5.32 Å². The molecular weight excluding hydrogens is 388 g/mol. The first-order valence-electron chi connectivity index (χ1n) is 8.07. The maximum absolute atomic E-state index is 12.1. The van der Waals surface area contributed by atoms with Gasteiger partial charge in [-0.05, 0) is 29.8 Å². The van der Waals surface area contributed by atoms with Crippen LogP contribution in [0.4, 0.5) is 11.4 Å². The van der Waals surface area contributed by atoms with Crippen LogP contribution in [0, 0.1) is 10.1 Å². The van der Waals surface area contributed by atoms with Gasteiger partial charge in [-0.3, -0.25) is 14.9 Å². The molecule has 0 aromatic heterocycles. The number of nitro benzene ring substituents is 1. The number of nitrogens with one attached hydrogen (secondary N) is 1. The fourth-order valence-electron chi connectivity index (χ4n) is 2.41. The smallest absolute Gasteiger partial charge is 0.338 e. The van der Waals surface area contributed by atoms with Crippen molar-refractivity contribution in [1.29, 1.82) is 0 Å². The summed E-state index contributed by atoms with van der Waals surface area (Å²) < 4.78 is 5.42. The van der Waals surface area contributed by atoms with Crippen molar-refractivity contribution in [2.45, 2.75) is 4.58 Å². The van der Waals surface area contributed by atoms with Crippen LogP contribution in [-0.2, 0) is 9.53 Å². The topological polar surface area (TPSA) is 98.5 Å². The zero-order chi connectivity index (χ0) is 19.2. The van der Waals surface area contributed by atoms with Gasteiger partial charge in [-0.15, -0.1) is 23.5 Å². The Bertz CT molecular complexity index is 834. The molecule has 27 heavy (non-hydrogen) atoms. The second-order valence-corrected chi connectivity index (χ2v) is 8.35. The molecule has 0 unspecified atom stereocenters. The largest absolute Gasteiger partial charge is 0.452 e. The molecule has 1 amide bonds. The molecular formula is C18H16N2O5S2. The fourth-order valence-corrected chi connectivity index (χ4v) is 5.26. The Morgan fingerprint density at radius 1 is 1.07 bits per heavy atom. The van der Waals surface area contributed by atoms with E-state index in [0.717, 1.165) is 17.1 Å². The van der Waals surface area contributed by atoms with Crippen molar-refractivity contribution in [1.82, 2.24) is 0 Å². The van der Waals surface area contributed by atoms with Crippen LogP contribution in [0.2, 0.25) is 0 Å². The van der Waals surface area contributed by atoms with Crippen LogP contribution in [0.1, 0.15) is 20.5 Å². The summed E-state index contributed by atoms with van der Waals surface area (Å²) in [6.07, 6.45) is 0. The summed E-state index contributed by atoms with van der Waals surface area (Å²) in [6.45, 7) is -0.439. The van der Waals surface area contributed by atoms with Crippen LogP contribution in [0.5, 0.6) is 0 Å². The number of amides is 1. The normalized spacial score (nSPS) is 13.9. The molecule has 1 aliphatic rings. The minimum atomic E-state index is -0.577. The lowest BCUT2D eigenvalue weighted by atomic mass is 10.1. The number of thioether (sulfide) groups is 2. The number of nitrogens with zero attached hydrogens (tertiary/aromatic N) is 1. The van der Waals surface area contributed by atoms with Crippen LogP contribution >= 0.6 is 23.5 Å². The highest BCUT2D eigenvalue weighted by Gasteiger charge is 2.19. The highest BCUT2D eigenvalue weighted by Crippen LogP contribution is 2.45. The maximum atomic E-state index is 12.1. The van der Waals surface area contributed by atoms with Crippen molar-refractivity contribution in [3.63, 3.8) is 0 Å². The van der Waals surface area contributed by atoms with Gasteiger partial charge in [0, 0.05) is 29.3 Å². The summed E-state index contributed by atoms with van der Waals surface area (Å²) in [5.74, 6) is 1.16. The average molecular weight is 404 g/mol. The number of carbonyl (C=O) groups is 2. The van der Waals surface area contributed by atoms with E-state index in [9.17, 15) is 19.7 Å². The van der Waals surface area contributed by atoms with Gasteiger partial charge >= 0.3 is 5.97 Å². The van der Waals surface area contributed by atoms with E-state index >= 15 is 0 Å². The zero-order valence-corrected chi connectivity index (χ0v) is 15.8. The Kier molecular flexibility index (Phi) is 6.36. The molecule has 2 aromatic rings. The molecule has 1 fully saturated rings. The van der Waals surface area contributed by atoms with Gasteiger partial charge in [0.1, 0.15) is 0 Å². The van der Waals surface area contributed by atoms with Crippen molar-refractivity contribution in [3.8, 4) is 0 Å². The highest BCUT2D eigenvalue weighted by atomic mass is 32.2. The molecule has 7 nitrogen and oxygen atoms in total. The van der Waals surface area contributed by atoms with E-state index in [0.29, 0.717) is 15.8 Å². The SMILES string of the molecule is O=C(COC(=O)c1ccc(C2SCCS2)cc1)Nc1ccc([N+](=O)[O-])cc1. The lowest BCUT2D eigenvalue weighted by molar-refractivity contribution is -0.384. The van der Waals surface area contributed by atoms with Crippen molar-refractivity contribution in [2.75, 3.05) is 23.4 Å². The minimum Gasteiger partial charge on any atom is -0.452 e. The number of esters is 1. The molecule has 0 radical (unpaired) electrons. The first kappa shape index (κ1) is 19.2. The lowest BCUT2D eigenvalue weighted by Crippen LogP contribution is -2.20. The average Bonchev–Trinajstić information content (AvgIpc) is 3.21. The summed E-state index contributed by atoms with van der Waals surface area (Å²) in [6, 6.07) is 12.6. The van der Waals surface area contributed by atoms with Gasteiger partial charge in [0.05, 0.1) is 15.1 Å². The zero-order valence-electron chi connectivity index (χ0n) is 14.1. The van der Waals surface area contributed by atoms with Crippen LogP contribution in [-0.4, -0.2) is 34.9 Å². The fraction of sp³-hybridized carbons (Fsp3) is 0.222. The van der Waals surface area contributed by atoms with Gasteiger partial charge < -0.3 is 10.1 Å². The van der Waals surface area contributed by atoms with Crippen LogP contribution in [0.25, 0.3) is 0 Å². The van der Waals surface area contributed by atoms with Crippen LogP contribution < -0.4 is 5.32 Å². The number of nitro groups is 1. The molecule has 0 aliphatic carbocycles. The van der Waals surface area contributed by atoms with E-state index in [1.807, 2.05) is 35.7 Å². The summed E-state index contributed by atoms with van der Waals surface area (Å²) in [7, 11) is 0. The predicted octanol–water partition coefficient (Wildman–Crippen LogP) is 3.87. The van der Waals surface area contributed by atoms with Gasteiger partial charge in [0.25, 0.3) is 11.6 Å². The molecule has 1 saturated heterocycles. The molecule has 1 aliphatic heterocycles. The van der Waals surface area contributed by atoms with E-state index in [-0.39, 0.29) is 5.69 Å². The third kappa shape index (κ3) is 5.24. The van der Waals surface area contributed by atoms with E-state index in [1.165, 1.54) is 24.3 Å².